The third-order valence-electron chi connectivity index (χ3n) is 10.2. The van der Waals surface area contributed by atoms with Gasteiger partial charge in [0.25, 0.3) is 5.56 Å². The highest BCUT2D eigenvalue weighted by molar-refractivity contribution is 7.15. The molecule has 8 heteroatoms. The molecule has 4 saturated carbocycles. The normalized spacial score (nSPS) is 24.5. The fourth-order valence-electron chi connectivity index (χ4n) is 8.54. The Labute approximate surface area is 261 Å². The van der Waals surface area contributed by atoms with Gasteiger partial charge in [0.15, 0.2) is 5.82 Å². The van der Waals surface area contributed by atoms with Crippen molar-refractivity contribution >= 4 is 22.4 Å². The molecule has 4 aliphatic carbocycles. The molecule has 5 aromatic rings. The summed E-state index contributed by atoms with van der Waals surface area (Å²) >= 11 is 1.41. The molecule has 0 amide bonds. The highest BCUT2D eigenvalue weighted by Gasteiger charge is 2.53. The number of thiazole rings is 1. The summed E-state index contributed by atoms with van der Waals surface area (Å²) in [6.07, 6.45) is 16.7. The van der Waals surface area contributed by atoms with Crippen LogP contribution < -0.4 is 14.8 Å². The fraction of sp³-hybridized carbons (Fsp3) is 0.444. The number of hydrogen-bond acceptors (Lipinski definition) is 6. The number of nitrogens with zero attached hydrogens (tertiary/aromatic N) is 5. The molecule has 4 aliphatic rings. The molecule has 7 nitrogen and oxygen atoms in total. The van der Waals surface area contributed by atoms with Crippen molar-refractivity contribution < 1.29 is 4.74 Å². The molecule has 0 spiro atoms. The zero-order valence-corrected chi connectivity index (χ0v) is 26.1. The van der Waals surface area contributed by atoms with Crippen LogP contribution in [0.5, 0.6) is 5.75 Å². The van der Waals surface area contributed by atoms with Gasteiger partial charge in [-0.15, -0.1) is 5.10 Å². The highest BCUT2D eigenvalue weighted by Crippen LogP contribution is 2.61. The van der Waals surface area contributed by atoms with Crippen LogP contribution in [0.1, 0.15) is 82.4 Å². The first kappa shape index (κ1) is 27.7. The SMILES string of the molecule is CCCCCCOc1ccc(-c2nc3s/c(=C\c4cn(-c5ccccc5)nc4C45CC6CC(CC(C6)C4)C5)c(=O)n3n2)cc1. The molecule has 0 radical (unpaired) electrons. The molecule has 3 aromatic heterocycles. The molecule has 4 fully saturated rings. The lowest BCUT2D eigenvalue weighted by atomic mass is 9.48. The maximum absolute atomic E-state index is 13.7. The van der Waals surface area contributed by atoms with Gasteiger partial charge in [0.05, 0.1) is 22.5 Å². The van der Waals surface area contributed by atoms with Gasteiger partial charge in [-0.25, -0.2) is 4.68 Å². The quantitative estimate of drug-likeness (QED) is 0.161. The fourth-order valence-corrected chi connectivity index (χ4v) is 9.43. The van der Waals surface area contributed by atoms with E-state index >= 15 is 0 Å². The van der Waals surface area contributed by atoms with Crippen LogP contribution in [0.25, 0.3) is 28.1 Å². The van der Waals surface area contributed by atoms with E-state index in [0.29, 0.717) is 15.3 Å². The summed E-state index contributed by atoms with van der Waals surface area (Å²) in [4.78, 5) is 19.0. The number of fused-ring (bicyclic) bond motifs is 1. The predicted octanol–water partition coefficient (Wildman–Crippen LogP) is 6.98. The smallest absolute Gasteiger partial charge is 0.291 e. The van der Waals surface area contributed by atoms with Crippen molar-refractivity contribution in [3.63, 3.8) is 0 Å². The Morgan fingerprint density at radius 1 is 0.932 bits per heavy atom. The maximum atomic E-state index is 13.7. The first-order valence-corrected chi connectivity index (χ1v) is 17.2. The standard InChI is InChI=1S/C36H39N5O2S/c1-2-3-4-8-15-43-30-13-11-27(12-14-30)33-37-35-41(39-33)34(42)31(44-35)19-28-23-40(29-9-6-5-7-10-29)38-32(28)36-20-24-16-25(21-36)18-26(17-24)22-36/h5-7,9-14,19,23-26H,2-4,8,15-18,20-22H2,1H3/b31-19-. The molecule has 44 heavy (non-hydrogen) atoms. The molecule has 0 saturated heterocycles. The van der Waals surface area contributed by atoms with Gasteiger partial charge in [0, 0.05) is 22.7 Å². The molecule has 0 N–H and O–H groups in total. The average Bonchev–Trinajstić information content (AvgIpc) is 3.72. The Hall–Kier alpha value is -3.78. The maximum Gasteiger partial charge on any atom is 0.291 e. The number of unbranched alkanes of at least 4 members (excludes halogenated alkanes) is 3. The van der Waals surface area contributed by atoms with E-state index < -0.39 is 0 Å². The van der Waals surface area contributed by atoms with E-state index in [4.69, 9.17) is 14.8 Å². The highest BCUT2D eigenvalue weighted by atomic mass is 32.1. The number of para-hydroxylation sites is 1. The minimum atomic E-state index is -0.125. The zero-order valence-electron chi connectivity index (χ0n) is 25.3. The molecular weight excluding hydrogens is 566 g/mol. The van der Waals surface area contributed by atoms with Crippen LogP contribution in [0.4, 0.5) is 0 Å². The summed E-state index contributed by atoms with van der Waals surface area (Å²) < 4.78 is 10.0. The minimum Gasteiger partial charge on any atom is -0.494 e. The van der Waals surface area contributed by atoms with Crippen LogP contribution in [-0.4, -0.2) is 31.0 Å². The third kappa shape index (κ3) is 5.07. The molecule has 3 heterocycles. The number of benzene rings is 2. The molecule has 0 atom stereocenters. The van der Waals surface area contributed by atoms with Gasteiger partial charge in [-0.05, 0) is 105 Å². The topological polar surface area (TPSA) is 74.3 Å². The minimum absolute atomic E-state index is 0.109. The molecule has 4 bridgehead atoms. The van der Waals surface area contributed by atoms with Gasteiger partial charge in [0.1, 0.15) is 5.75 Å². The van der Waals surface area contributed by atoms with Crippen LogP contribution in [-0.2, 0) is 5.41 Å². The summed E-state index contributed by atoms with van der Waals surface area (Å²) in [6.45, 7) is 2.94. The lowest BCUT2D eigenvalue weighted by Crippen LogP contribution is -2.49. The molecular formula is C36H39N5O2S. The Balaban J connectivity index is 1.11. The van der Waals surface area contributed by atoms with Crippen molar-refractivity contribution in [3.05, 3.63) is 86.9 Å². The van der Waals surface area contributed by atoms with Gasteiger partial charge in [0.2, 0.25) is 4.96 Å². The van der Waals surface area contributed by atoms with E-state index in [1.54, 1.807) is 0 Å². The summed E-state index contributed by atoms with van der Waals surface area (Å²) in [6, 6.07) is 18.2. The largest absolute Gasteiger partial charge is 0.494 e. The Kier molecular flexibility index (Phi) is 7.12. The first-order valence-electron chi connectivity index (χ1n) is 16.4. The molecule has 0 aliphatic heterocycles. The lowest BCUT2D eigenvalue weighted by Gasteiger charge is -2.56. The molecule has 9 rings (SSSR count). The van der Waals surface area contributed by atoms with E-state index in [-0.39, 0.29) is 11.0 Å². The summed E-state index contributed by atoms with van der Waals surface area (Å²) in [5.41, 5.74) is 4.13. The Bertz CT molecular complexity index is 1850. The van der Waals surface area contributed by atoms with Gasteiger partial charge < -0.3 is 4.74 Å². The molecule has 226 valence electrons. The Morgan fingerprint density at radius 3 is 2.34 bits per heavy atom. The van der Waals surface area contributed by atoms with Gasteiger partial charge in [-0.2, -0.15) is 14.6 Å². The van der Waals surface area contributed by atoms with Crippen LogP contribution in [0, 0.1) is 17.8 Å². The number of hydrogen-bond donors (Lipinski definition) is 0. The van der Waals surface area contributed by atoms with Crippen LogP contribution >= 0.6 is 11.3 Å². The first-order chi connectivity index (χ1) is 21.6. The van der Waals surface area contributed by atoms with E-state index in [1.165, 1.54) is 79.3 Å². The van der Waals surface area contributed by atoms with Crippen molar-refractivity contribution in [2.24, 2.45) is 17.8 Å². The summed E-state index contributed by atoms with van der Waals surface area (Å²) in [5, 5.41) is 9.89. The number of aromatic nitrogens is 5. The van der Waals surface area contributed by atoms with Crippen molar-refractivity contribution in [2.45, 2.75) is 76.5 Å². The average molecular weight is 606 g/mol. The van der Waals surface area contributed by atoms with E-state index in [2.05, 4.69) is 36.4 Å². The van der Waals surface area contributed by atoms with E-state index in [0.717, 1.165) is 53.3 Å². The van der Waals surface area contributed by atoms with Gasteiger partial charge in [-0.3, -0.25) is 4.79 Å². The lowest BCUT2D eigenvalue weighted by molar-refractivity contribution is -0.00743. The monoisotopic (exact) mass is 605 g/mol. The second-order valence-corrected chi connectivity index (χ2v) is 14.4. The second kappa shape index (κ2) is 11.3. The predicted molar refractivity (Wildman–Crippen MR) is 174 cm³/mol. The molecule has 0 unspecified atom stereocenters. The van der Waals surface area contributed by atoms with Crippen molar-refractivity contribution in [2.75, 3.05) is 6.61 Å². The number of rotatable bonds is 10. The van der Waals surface area contributed by atoms with Crippen molar-refractivity contribution in [3.8, 4) is 22.8 Å². The van der Waals surface area contributed by atoms with Crippen LogP contribution in [0.2, 0.25) is 0 Å². The van der Waals surface area contributed by atoms with E-state index in [9.17, 15) is 4.79 Å². The number of ether oxygens (including phenoxy) is 1. The van der Waals surface area contributed by atoms with Crippen molar-refractivity contribution in [1.29, 1.82) is 0 Å². The van der Waals surface area contributed by atoms with Crippen LogP contribution in [0.15, 0.2) is 65.6 Å². The summed E-state index contributed by atoms with van der Waals surface area (Å²) in [7, 11) is 0. The second-order valence-electron chi connectivity index (χ2n) is 13.4. The summed E-state index contributed by atoms with van der Waals surface area (Å²) in [5.74, 6) is 3.83. The molecule has 2 aromatic carbocycles. The van der Waals surface area contributed by atoms with Crippen molar-refractivity contribution in [1.82, 2.24) is 24.4 Å². The third-order valence-corrected chi connectivity index (χ3v) is 11.1. The van der Waals surface area contributed by atoms with E-state index in [1.807, 2.05) is 47.1 Å². The van der Waals surface area contributed by atoms with Gasteiger partial charge in [-0.1, -0.05) is 55.7 Å². The Morgan fingerprint density at radius 2 is 1.66 bits per heavy atom. The van der Waals surface area contributed by atoms with Crippen LogP contribution in [0.3, 0.4) is 0 Å². The van der Waals surface area contributed by atoms with Gasteiger partial charge >= 0.3 is 0 Å². The zero-order chi connectivity index (χ0) is 29.7.